The molecular weight excluding hydrogens is 368 g/mol. The quantitative estimate of drug-likeness (QED) is 0.493. The summed E-state index contributed by atoms with van der Waals surface area (Å²) in [6.07, 6.45) is 7.02. The number of nitrogens with one attached hydrogen (secondary N) is 1. The van der Waals surface area contributed by atoms with Gasteiger partial charge in [0.15, 0.2) is 0 Å². The van der Waals surface area contributed by atoms with Gasteiger partial charge in [-0.3, -0.25) is 9.98 Å². The molecule has 2 aromatic rings. The number of rotatable bonds is 9. The predicted molar refractivity (Wildman–Crippen MR) is 118 cm³/mol. The van der Waals surface area contributed by atoms with Gasteiger partial charge in [-0.05, 0) is 44.2 Å². The van der Waals surface area contributed by atoms with Crippen molar-refractivity contribution in [1.82, 2.24) is 10.3 Å². The summed E-state index contributed by atoms with van der Waals surface area (Å²) in [5, 5.41) is 12.0. The molecular formula is C22H26N4O3. The van der Waals surface area contributed by atoms with Crippen molar-refractivity contribution >= 4 is 23.4 Å². The number of amidine groups is 1. The smallest absolute Gasteiger partial charge is 0.219 e. The highest BCUT2D eigenvalue weighted by atomic mass is 16.5. The summed E-state index contributed by atoms with van der Waals surface area (Å²) >= 11 is 0. The maximum absolute atomic E-state index is 8.81. The first-order valence-corrected chi connectivity index (χ1v) is 9.17. The van der Waals surface area contributed by atoms with Gasteiger partial charge in [0.2, 0.25) is 5.88 Å². The van der Waals surface area contributed by atoms with Crippen LogP contribution in [0.3, 0.4) is 0 Å². The van der Waals surface area contributed by atoms with Crippen molar-refractivity contribution in [1.29, 1.82) is 0 Å². The molecule has 0 radical (unpaired) electrons. The van der Waals surface area contributed by atoms with Crippen LogP contribution in [0.2, 0.25) is 0 Å². The topological polar surface area (TPSA) is 88.3 Å². The number of allylic oxidation sites excluding steroid dienone is 1. The molecule has 0 bridgehead atoms. The Morgan fingerprint density at radius 3 is 2.66 bits per heavy atom. The molecule has 0 saturated heterocycles. The van der Waals surface area contributed by atoms with Gasteiger partial charge in [0.05, 0.1) is 18.5 Å². The van der Waals surface area contributed by atoms with Gasteiger partial charge in [-0.2, -0.15) is 0 Å². The second kappa shape index (κ2) is 11.4. The third-order valence-corrected chi connectivity index (χ3v) is 3.70. The summed E-state index contributed by atoms with van der Waals surface area (Å²) in [5.41, 5.74) is 2.19. The standard InChI is InChI=1S/C22H26N4O3/c1-5-7-21(23-4)26-16(3)19-14-17(8-10-20(19)24-6-2)29-22-11-9-18(15-25-22)28-13-12-27/h5-11,14-15,27H,3,12-13H2,1-2,4H3,(H,23,26)/b7-5-,24-6?. The fraction of sp³-hybridized carbons (Fsp3) is 0.227. The van der Waals surface area contributed by atoms with Gasteiger partial charge in [-0.1, -0.05) is 12.7 Å². The van der Waals surface area contributed by atoms with Gasteiger partial charge >= 0.3 is 0 Å². The average molecular weight is 394 g/mol. The number of aliphatic imine (C=N–C) groups is 2. The van der Waals surface area contributed by atoms with Crippen molar-refractivity contribution in [2.75, 3.05) is 20.3 Å². The van der Waals surface area contributed by atoms with Gasteiger partial charge < -0.3 is 19.9 Å². The zero-order valence-corrected chi connectivity index (χ0v) is 16.9. The van der Waals surface area contributed by atoms with Crippen molar-refractivity contribution < 1.29 is 14.6 Å². The number of nitrogens with zero attached hydrogens (tertiary/aromatic N) is 3. The highest BCUT2D eigenvalue weighted by Crippen LogP contribution is 2.31. The van der Waals surface area contributed by atoms with E-state index in [-0.39, 0.29) is 13.2 Å². The first-order valence-electron chi connectivity index (χ1n) is 9.17. The van der Waals surface area contributed by atoms with Crippen molar-refractivity contribution in [3.63, 3.8) is 0 Å². The van der Waals surface area contributed by atoms with Crippen LogP contribution in [0.5, 0.6) is 17.4 Å². The van der Waals surface area contributed by atoms with Crippen molar-refractivity contribution in [2.45, 2.75) is 13.8 Å². The van der Waals surface area contributed by atoms with Crippen LogP contribution >= 0.6 is 0 Å². The van der Waals surface area contributed by atoms with Crippen LogP contribution in [0.25, 0.3) is 5.70 Å². The Bertz CT molecular complexity index is 903. The largest absolute Gasteiger partial charge is 0.490 e. The molecule has 2 N–H and O–H groups in total. The molecule has 0 atom stereocenters. The molecule has 2 rings (SSSR count). The van der Waals surface area contributed by atoms with E-state index < -0.39 is 0 Å². The van der Waals surface area contributed by atoms with Crippen LogP contribution in [-0.2, 0) is 0 Å². The zero-order chi connectivity index (χ0) is 21.1. The lowest BCUT2D eigenvalue weighted by molar-refractivity contribution is 0.201. The molecule has 29 heavy (non-hydrogen) atoms. The van der Waals surface area contributed by atoms with E-state index in [2.05, 4.69) is 26.9 Å². The summed E-state index contributed by atoms with van der Waals surface area (Å²) < 4.78 is 11.2. The van der Waals surface area contributed by atoms with E-state index in [0.717, 1.165) is 11.3 Å². The van der Waals surface area contributed by atoms with Crippen LogP contribution in [-0.4, -0.2) is 42.4 Å². The van der Waals surface area contributed by atoms with Crippen molar-refractivity contribution in [3.05, 3.63) is 60.8 Å². The van der Waals surface area contributed by atoms with Crippen molar-refractivity contribution in [2.24, 2.45) is 9.98 Å². The Morgan fingerprint density at radius 2 is 2.03 bits per heavy atom. The monoisotopic (exact) mass is 394 g/mol. The third-order valence-electron chi connectivity index (χ3n) is 3.70. The van der Waals surface area contributed by atoms with E-state index in [4.69, 9.17) is 14.6 Å². The molecule has 7 heteroatoms. The van der Waals surface area contributed by atoms with E-state index in [1.165, 1.54) is 0 Å². The number of aromatic nitrogens is 1. The Morgan fingerprint density at radius 1 is 1.24 bits per heavy atom. The van der Waals surface area contributed by atoms with Gasteiger partial charge in [0, 0.05) is 30.6 Å². The maximum atomic E-state index is 8.81. The molecule has 0 aliphatic rings. The molecule has 1 heterocycles. The number of pyridine rings is 1. The fourth-order valence-electron chi connectivity index (χ4n) is 2.42. The Labute approximate surface area is 171 Å². The summed E-state index contributed by atoms with van der Waals surface area (Å²) in [7, 11) is 1.71. The zero-order valence-electron chi connectivity index (χ0n) is 16.9. The highest BCUT2D eigenvalue weighted by Gasteiger charge is 2.10. The molecule has 1 aromatic heterocycles. The number of hydrogen-bond acceptors (Lipinski definition) is 6. The predicted octanol–water partition coefficient (Wildman–Crippen LogP) is 4.13. The molecule has 0 amide bonds. The fourth-order valence-corrected chi connectivity index (χ4v) is 2.42. The van der Waals surface area contributed by atoms with E-state index in [1.807, 2.05) is 44.2 Å². The first kappa shape index (κ1) is 21.8. The van der Waals surface area contributed by atoms with E-state index in [9.17, 15) is 0 Å². The number of aliphatic hydroxyl groups excluding tert-OH is 1. The molecule has 7 nitrogen and oxygen atoms in total. The van der Waals surface area contributed by atoms with Crippen LogP contribution in [0.1, 0.15) is 19.4 Å². The molecule has 0 aliphatic carbocycles. The molecule has 0 saturated carbocycles. The van der Waals surface area contributed by atoms with Crippen LogP contribution in [0, 0.1) is 0 Å². The lowest BCUT2D eigenvalue weighted by Gasteiger charge is -2.14. The second-order valence-electron chi connectivity index (χ2n) is 5.78. The molecule has 1 aromatic carbocycles. The maximum Gasteiger partial charge on any atom is 0.219 e. The average Bonchev–Trinajstić information content (AvgIpc) is 2.74. The lowest BCUT2D eigenvalue weighted by Crippen LogP contribution is -2.19. The normalized spacial score (nSPS) is 11.8. The first-order chi connectivity index (χ1) is 14.1. The van der Waals surface area contributed by atoms with Gasteiger partial charge in [0.25, 0.3) is 0 Å². The summed E-state index contributed by atoms with van der Waals surface area (Å²) in [5.74, 6) is 2.26. The van der Waals surface area contributed by atoms with Gasteiger partial charge in [0.1, 0.15) is 23.9 Å². The SMILES string of the molecule is C=C(NC(/C=C\C)=NC)c1cc(Oc2ccc(OCCO)cn2)ccc1N=CC. The van der Waals surface area contributed by atoms with Crippen LogP contribution in [0.15, 0.2) is 65.2 Å². The number of aliphatic hydroxyl groups is 1. The molecule has 0 fully saturated rings. The second-order valence-corrected chi connectivity index (χ2v) is 5.78. The minimum Gasteiger partial charge on any atom is -0.490 e. The lowest BCUT2D eigenvalue weighted by atomic mass is 10.1. The van der Waals surface area contributed by atoms with Crippen LogP contribution < -0.4 is 14.8 Å². The van der Waals surface area contributed by atoms with Gasteiger partial charge in [-0.15, -0.1) is 0 Å². The van der Waals surface area contributed by atoms with Crippen LogP contribution in [0.4, 0.5) is 5.69 Å². The van der Waals surface area contributed by atoms with E-state index in [1.54, 1.807) is 31.6 Å². The molecule has 0 spiro atoms. The minimum absolute atomic E-state index is 0.0515. The summed E-state index contributed by atoms with van der Waals surface area (Å²) in [6.45, 7) is 8.06. The van der Waals surface area contributed by atoms with Crippen molar-refractivity contribution in [3.8, 4) is 17.4 Å². The van der Waals surface area contributed by atoms with E-state index in [0.29, 0.717) is 28.9 Å². The number of ether oxygens (including phenoxy) is 2. The third kappa shape index (κ3) is 6.58. The molecule has 152 valence electrons. The number of benzene rings is 1. The summed E-state index contributed by atoms with van der Waals surface area (Å²) in [4.78, 5) is 12.8. The van der Waals surface area contributed by atoms with E-state index >= 15 is 0 Å². The summed E-state index contributed by atoms with van der Waals surface area (Å²) in [6, 6.07) is 8.95. The Hall–Kier alpha value is -3.45. The number of hydrogen-bond donors (Lipinski definition) is 2. The van der Waals surface area contributed by atoms with Gasteiger partial charge in [-0.25, -0.2) is 4.98 Å². The minimum atomic E-state index is -0.0515. The Kier molecular flexibility index (Phi) is 8.59. The Balaban J connectivity index is 2.24. The molecule has 0 unspecified atom stereocenters. The molecule has 0 aliphatic heterocycles. The highest BCUT2D eigenvalue weighted by molar-refractivity contribution is 5.99.